The van der Waals surface area contributed by atoms with E-state index in [2.05, 4.69) is 0 Å². The largest absolute Gasteiger partial charge is 0.292 e. The van der Waals surface area contributed by atoms with Gasteiger partial charge in [0.25, 0.3) is 0 Å². The maximum atomic E-state index is 13.4. The van der Waals surface area contributed by atoms with Gasteiger partial charge in [-0.05, 0) is 43.2 Å². The molecule has 3 heteroatoms. The van der Waals surface area contributed by atoms with Crippen molar-refractivity contribution in [1.82, 2.24) is 0 Å². The van der Waals surface area contributed by atoms with E-state index in [0.717, 1.165) is 5.56 Å². The number of carbonyl (C=O) groups is 1. The lowest BCUT2D eigenvalue weighted by Gasteiger charge is -2.10. The van der Waals surface area contributed by atoms with Gasteiger partial charge in [-0.15, -0.1) is 0 Å². The standard InChI is InChI=1S/C17H14FNO/c1-11-4-3-5-13(6-11)16(10-19)17(20)14-7-12(2)8-15(18)9-14/h3-9,16H,1-2H3. The molecule has 0 aliphatic heterocycles. The summed E-state index contributed by atoms with van der Waals surface area (Å²) in [6.07, 6.45) is 0. The second kappa shape index (κ2) is 5.66. The predicted octanol–water partition coefficient (Wildman–Crippen LogP) is 3.93. The molecule has 2 rings (SSSR count). The Bertz CT molecular complexity index is 680. The number of benzene rings is 2. The van der Waals surface area contributed by atoms with E-state index in [1.807, 2.05) is 19.1 Å². The Balaban J connectivity index is 2.42. The molecule has 2 aromatic rings. The molecule has 20 heavy (non-hydrogen) atoms. The number of hydrogen-bond donors (Lipinski definition) is 0. The first-order valence-corrected chi connectivity index (χ1v) is 6.29. The summed E-state index contributed by atoms with van der Waals surface area (Å²) in [5.74, 6) is -1.74. The van der Waals surface area contributed by atoms with Gasteiger partial charge in [0.2, 0.25) is 0 Å². The van der Waals surface area contributed by atoms with Gasteiger partial charge in [0.15, 0.2) is 5.78 Å². The zero-order valence-electron chi connectivity index (χ0n) is 11.4. The van der Waals surface area contributed by atoms with Crippen molar-refractivity contribution >= 4 is 5.78 Å². The van der Waals surface area contributed by atoms with Crippen LogP contribution in [0.4, 0.5) is 4.39 Å². The van der Waals surface area contributed by atoms with Gasteiger partial charge in [0, 0.05) is 5.56 Å². The van der Waals surface area contributed by atoms with E-state index in [9.17, 15) is 14.4 Å². The number of ketones is 1. The Kier molecular flexibility index (Phi) is 3.95. The van der Waals surface area contributed by atoms with Crippen molar-refractivity contribution < 1.29 is 9.18 Å². The molecule has 100 valence electrons. The summed E-state index contributed by atoms with van der Waals surface area (Å²) < 4.78 is 13.4. The normalized spacial score (nSPS) is 11.7. The molecule has 0 fully saturated rings. The molecule has 0 saturated carbocycles. The van der Waals surface area contributed by atoms with Crippen molar-refractivity contribution in [3.05, 3.63) is 70.5 Å². The van der Waals surface area contributed by atoms with E-state index in [1.54, 1.807) is 31.2 Å². The van der Waals surface area contributed by atoms with Gasteiger partial charge in [-0.3, -0.25) is 4.79 Å². The maximum absolute atomic E-state index is 13.4. The molecule has 0 saturated heterocycles. The second-order valence-electron chi connectivity index (χ2n) is 4.86. The number of rotatable bonds is 3. The Labute approximate surface area is 117 Å². The minimum atomic E-state index is -0.906. The lowest BCUT2D eigenvalue weighted by Crippen LogP contribution is -2.12. The van der Waals surface area contributed by atoms with Crippen LogP contribution in [0.1, 0.15) is 33.0 Å². The molecular weight excluding hydrogens is 253 g/mol. The lowest BCUT2D eigenvalue weighted by molar-refractivity contribution is 0.0978. The Morgan fingerprint density at radius 3 is 2.50 bits per heavy atom. The van der Waals surface area contributed by atoms with Crippen LogP contribution < -0.4 is 0 Å². The highest BCUT2D eigenvalue weighted by atomic mass is 19.1. The van der Waals surface area contributed by atoms with Crippen LogP contribution in [0.5, 0.6) is 0 Å². The molecule has 0 aliphatic rings. The first kappa shape index (κ1) is 14.0. The molecule has 0 radical (unpaired) electrons. The number of carbonyl (C=O) groups excluding carboxylic acids is 1. The van der Waals surface area contributed by atoms with Gasteiger partial charge in [-0.2, -0.15) is 5.26 Å². The van der Waals surface area contributed by atoms with E-state index in [4.69, 9.17) is 0 Å². The number of aryl methyl sites for hydroxylation is 2. The summed E-state index contributed by atoms with van der Waals surface area (Å²) in [6.45, 7) is 3.61. The third kappa shape index (κ3) is 2.92. The van der Waals surface area contributed by atoms with E-state index in [1.165, 1.54) is 12.1 Å². The highest BCUT2D eigenvalue weighted by Gasteiger charge is 2.22. The van der Waals surface area contributed by atoms with Crippen LogP contribution in [-0.2, 0) is 0 Å². The molecule has 1 unspecified atom stereocenters. The van der Waals surface area contributed by atoms with Gasteiger partial charge >= 0.3 is 0 Å². The van der Waals surface area contributed by atoms with Crippen LogP contribution in [0.15, 0.2) is 42.5 Å². The van der Waals surface area contributed by atoms with Gasteiger partial charge in [-0.25, -0.2) is 4.39 Å². The number of Topliss-reactive ketones (excluding diaryl/α,β-unsaturated/α-hetero) is 1. The number of nitrogens with zero attached hydrogens (tertiary/aromatic N) is 1. The molecule has 2 nitrogen and oxygen atoms in total. The minimum Gasteiger partial charge on any atom is -0.292 e. The van der Waals surface area contributed by atoms with Crippen LogP contribution >= 0.6 is 0 Å². The third-order valence-electron chi connectivity index (χ3n) is 3.09. The van der Waals surface area contributed by atoms with Crippen molar-refractivity contribution in [2.24, 2.45) is 0 Å². The topological polar surface area (TPSA) is 40.9 Å². The van der Waals surface area contributed by atoms with E-state index < -0.39 is 11.7 Å². The average Bonchev–Trinajstić information content (AvgIpc) is 2.38. The summed E-state index contributed by atoms with van der Waals surface area (Å²) in [6, 6.07) is 13.4. The van der Waals surface area contributed by atoms with Crippen LogP contribution in [-0.4, -0.2) is 5.78 Å². The Morgan fingerprint density at radius 1 is 1.15 bits per heavy atom. The number of halogens is 1. The molecule has 0 N–H and O–H groups in total. The first-order valence-electron chi connectivity index (χ1n) is 6.29. The highest BCUT2D eigenvalue weighted by Crippen LogP contribution is 2.22. The average molecular weight is 267 g/mol. The van der Waals surface area contributed by atoms with Crippen molar-refractivity contribution in [3.63, 3.8) is 0 Å². The smallest absolute Gasteiger partial charge is 0.184 e. The van der Waals surface area contributed by atoms with Crippen molar-refractivity contribution in [2.75, 3.05) is 0 Å². The lowest BCUT2D eigenvalue weighted by atomic mass is 9.90. The van der Waals surface area contributed by atoms with Crippen LogP contribution in [0.2, 0.25) is 0 Å². The Hall–Kier alpha value is -2.47. The second-order valence-corrected chi connectivity index (χ2v) is 4.86. The first-order chi connectivity index (χ1) is 9.51. The summed E-state index contributed by atoms with van der Waals surface area (Å²) in [7, 11) is 0. The molecule has 0 bridgehead atoms. The molecule has 2 aromatic carbocycles. The Morgan fingerprint density at radius 2 is 1.90 bits per heavy atom. The fourth-order valence-electron chi connectivity index (χ4n) is 2.18. The van der Waals surface area contributed by atoms with Gasteiger partial charge in [-0.1, -0.05) is 29.8 Å². The number of hydrogen-bond acceptors (Lipinski definition) is 2. The van der Waals surface area contributed by atoms with Crippen molar-refractivity contribution in [1.29, 1.82) is 5.26 Å². The van der Waals surface area contributed by atoms with Gasteiger partial charge in [0.1, 0.15) is 11.7 Å². The van der Waals surface area contributed by atoms with Crippen LogP contribution in [0.3, 0.4) is 0 Å². The SMILES string of the molecule is Cc1cc(F)cc(C(=O)C(C#N)c2cccc(C)c2)c1. The van der Waals surface area contributed by atoms with Gasteiger partial charge in [0.05, 0.1) is 6.07 Å². The third-order valence-corrected chi connectivity index (χ3v) is 3.09. The number of nitriles is 1. The minimum absolute atomic E-state index is 0.232. The van der Waals surface area contributed by atoms with Crippen molar-refractivity contribution in [3.8, 4) is 6.07 Å². The van der Waals surface area contributed by atoms with Gasteiger partial charge < -0.3 is 0 Å². The molecule has 1 atom stereocenters. The molecular formula is C17H14FNO. The monoisotopic (exact) mass is 267 g/mol. The summed E-state index contributed by atoms with van der Waals surface area (Å²) in [5.41, 5.74) is 2.51. The fraction of sp³-hybridized carbons (Fsp3) is 0.176. The maximum Gasteiger partial charge on any atom is 0.184 e. The fourth-order valence-corrected chi connectivity index (χ4v) is 2.18. The predicted molar refractivity (Wildman–Crippen MR) is 75.0 cm³/mol. The molecule has 0 aliphatic carbocycles. The zero-order chi connectivity index (χ0) is 14.7. The molecule has 0 spiro atoms. The zero-order valence-corrected chi connectivity index (χ0v) is 11.4. The van der Waals surface area contributed by atoms with Crippen LogP contribution in [0, 0.1) is 31.0 Å². The summed E-state index contributed by atoms with van der Waals surface area (Å²) >= 11 is 0. The van der Waals surface area contributed by atoms with Crippen molar-refractivity contribution in [2.45, 2.75) is 19.8 Å². The van der Waals surface area contributed by atoms with E-state index in [0.29, 0.717) is 11.1 Å². The summed E-state index contributed by atoms with van der Waals surface area (Å²) in [4.78, 5) is 12.4. The van der Waals surface area contributed by atoms with E-state index >= 15 is 0 Å². The molecule has 0 heterocycles. The highest BCUT2D eigenvalue weighted by molar-refractivity contribution is 6.02. The summed E-state index contributed by atoms with van der Waals surface area (Å²) in [5, 5.41) is 9.28. The van der Waals surface area contributed by atoms with Crippen LogP contribution in [0.25, 0.3) is 0 Å². The quantitative estimate of drug-likeness (QED) is 0.790. The van der Waals surface area contributed by atoms with E-state index in [-0.39, 0.29) is 11.3 Å². The molecule has 0 amide bonds. The molecule has 0 aromatic heterocycles.